The third-order valence-corrected chi connectivity index (χ3v) is 4.50. The fourth-order valence-electron chi connectivity index (χ4n) is 3.44. The van der Waals surface area contributed by atoms with Gasteiger partial charge in [-0.3, -0.25) is 4.79 Å². The van der Waals surface area contributed by atoms with Crippen LogP contribution in [-0.4, -0.2) is 5.91 Å². The van der Waals surface area contributed by atoms with Gasteiger partial charge in [-0.05, 0) is 35.8 Å². The molecule has 3 N–H and O–H groups in total. The quantitative estimate of drug-likeness (QED) is 0.848. The molecule has 3 heteroatoms. The minimum Gasteiger partial charge on any atom is -0.352 e. The van der Waals surface area contributed by atoms with Gasteiger partial charge in [0.15, 0.2) is 0 Å². The fourth-order valence-corrected chi connectivity index (χ4v) is 3.44. The molecule has 0 aromatic heterocycles. The second-order valence-corrected chi connectivity index (χ2v) is 5.48. The molecule has 0 radical (unpaired) electrons. The molecule has 2 aliphatic rings. The summed E-state index contributed by atoms with van der Waals surface area (Å²) in [6.07, 6.45) is 3.82. The number of carbonyl (C=O) groups is 1. The first-order valence-corrected chi connectivity index (χ1v) is 6.86. The van der Waals surface area contributed by atoms with E-state index >= 15 is 0 Å². The molecule has 0 saturated heterocycles. The lowest BCUT2D eigenvalue weighted by Gasteiger charge is -2.10. The Hall–Kier alpha value is -1.35. The van der Waals surface area contributed by atoms with Gasteiger partial charge in [-0.25, -0.2) is 0 Å². The Kier molecular flexibility index (Phi) is 3.08. The number of rotatable bonds is 4. The predicted octanol–water partition coefficient (Wildman–Crippen LogP) is 1.81. The summed E-state index contributed by atoms with van der Waals surface area (Å²) < 4.78 is 0. The molecule has 0 bridgehead atoms. The molecule has 0 heterocycles. The molecule has 3 nitrogen and oxygen atoms in total. The highest BCUT2D eigenvalue weighted by atomic mass is 16.2. The maximum atomic E-state index is 12.0. The van der Waals surface area contributed by atoms with E-state index in [1.54, 1.807) is 0 Å². The van der Waals surface area contributed by atoms with Crippen LogP contribution in [-0.2, 0) is 17.9 Å². The van der Waals surface area contributed by atoms with Gasteiger partial charge in [0.05, 0.1) is 0 Å². The summed E-state index contributed by atoms with van der Waals surface area (Å²) in [7, 11) is 0. The van der Waals surface area contributed by atoms with E-state index in [1.807, 2.05) is 24.3 Å². The Balaban J connectivity index is 1.56. The van der Waals surface area contributed by atoms with Gasteiger partial charge in [0.25, 0.3) is 0 Å². The van der Waals surface area contributed by atoms with Gasteiger partial charge in [-0.15, -0.1) is 0 Å². The van der Waals surface area contributed by atoms with Crippen molar-refractivity contribution in [3.8, 4) is 0 Å². The molecule has 2 unspecified atom stereocenters. The Morgan fingerprint density at radius 3 is 2.56 bits per heavy atom. The lowest BCUT2D eigenvalue weighted by atomic mass is 10.1. The smallest absolute Gasteiger partial charge is 0.223 e. The molecule has 18 heavy (non-hydrogen) atoms. The summed E-state index contributed by atoms with van der Waals surface area (Å²) in [5, 5.41) is 3.07. The first-order valence-electron chi connectivity index (χ1n) is 6.86. The van der Waals surface area contributed by atoms with Crippen LogP contribution in [0.3, 0.4) is 0 Å². The Morgan fingerprint density at radius 2 is 1.89 bits per heavy atom. The highest BCUT2D eigenvalue weighted by Crippen LogP contribution is 2.57. The Bertz CT molecular complexity index is 448. The summed E-state index contributed by atoms with van der Waals surface area (Å²) in [5.74, 6) is 1.94. The van der Waals surface area contributed by atoms with Gasteiger partial charge < -0.3 is 11.1 Å². The largest absolute Gasteiger partial charge is 0.352 e. The van der Waals surface area contributed by atoms with Crippen LogP contribution in [0.1, 0.15) is 30.4 Å². The van der Waals surface area contributed by atoms with Crippen LogP contribution in [0.2, 0.25) is 0 Å². The second kappa shape index (κ2) is 4.73. The van der Waals surface area contributed by atoms with Crippen LogP contribution in [0.5, 0.6) is 0 Å². The lowest BCUT2D eigenvalue weighted by molar-refractivity contribution is -0.123. The zero-order valence-corrected chi connectivity index (χ0v) is 10.6. The highest BCUT2D eigenvalue weighted by Gasteiger charge is 2.56. The molecule has 2 saturated carbocycles. The normalized spacial score (nSPS) is 28.8. The summed E-state index contributed by atoms with van der Waals surface area (Å²) in [5.41, 5.74) is 7.95. The van der Waals surface area contributed by atoms with E-state index in [2.05, 4.69) is 5.32 Å². The van der Waals surface area contributed by atoms with E-state index in [1.165, 1.54) is 19.3 Å². The standard InChI is InChI=1S/C15H20N2O/c16-8-10-4-1-2-5-11(10)9-17-15(18)14-12-6-3-7-13(12)14/h1-2,4-5,12-14H,3,6-9,16H2,(H,17,18). The number of hydrogen-bond donors (Lipinski definition) is 2. The van der Waals surface area contributed by atoms with Crippen molar-refractivity contribution in [3.63, 3.8) is 0 Å². The number of fused-ring (bicyclic) bond motifs is 1. The number of hydrogen-bond acceptors (Lipinski definition) is 2. The maximum Gasteiger partial charge on any atom is 0.223 e. The molecule has 1 aromatic carbocycles. The van der Waals surface area contributed by atoms with Crippen molar-refractivity contribution in [2.75, 3.05) is 0 Å². The van der Waals surface area contributed by atoms with Crippen molar-refractivity contribution >= 4 is 5.91 Å². The van der Waals surface area contributed by atoms with E-state index in [-0.39, 0.29) is 5.91 Å². The molecule has 0 aliphatic heterocycles. The Labute approximate surface area is 108 Å². The van der Waals surface area contributed by atoms with Crippen LogP contribution >= 0.6 is 0 Å². The Morgan fingerprint density at radius 1 is 1.22 bits per heavy atom. The monoisotopic (exact) mass is 244 g/mol. The van der Waals surface area contributed by atoms with Gasteiger partial charge in [0.2, 0.25) is 5.91 Å². The van der Waals surface area contributed by atoms with Crippen molar-refractivity contribution in [3.05, 3.63) is 35.4 Å². The van der Waals surface area contributed by atoms with Crippen LogP contribution in [0, 0.1) is 17.8 Å². The zero-order chi connectivity index (χ0) is 12.5. The summed E-state index contributed by atoms with van der Waals surface area (Å²) in [4.78, 5) is 12.0. The highest BCUT2D eigenvalue weighted by molar-refractivity contribution is 5.82. The van der Waals surface area contributed by atoms with Gasteiger partial charge in [0.1, 0.15) is 0 Å². The van der Waals surface area contributed by atoms with Crippen molar-refractivity contribution < 1.29 is 4.79 Å². The topological polar surface area (TPSA) is 55.1 Å². The van der Waals surface area contributed by atoms with Crippen molar-refractivity contribution in [2.24, 2.45) is 23.5 Å². The molecule has 2 fully saturated rings. The molecule has 1 aromatic rings. The number of carbonyl (C=O) groups excluding carboxylic acids is 1. The summed E-state index contributed by atoms with van der Waals surface area (Å²) >= 11 is 0. The van der Waals surface area contributed by atoms with E-state index < -0.39 is 0 Å². The van der Waals surface area contributed by atoms with Crippen molar-refractivity contribution in [1.29, 1.82) is 0 Å². The van der Waals surface area contributed by atoms with E-state index in [0.29, 0.717) is 30.8 Å². The van der Waals surface area contributed by atoms with Gasteiger partial charge >= 0.3 is 0 Å². The second-order valence-electron chi connectivity index (χ2n) is 5.48. The van der Waals surface area contributed by atoms with Gasteiger partial charge in [-0.1, -0.05) is 30.7 Å². The molecule has 3 rings (SSSR count). The first-order chi connectivity index (χ1) is 8.81. The van der Waals surface area contributed by atoms with Gasteiger partial charge in [0, 0.05) is 19.0 Å². The summed E-state index contributed by atoms with van der Waals surface area (Å²) in [6.45, 7) is 1.14. The zero-order valence-electron chi connectivity index (χ0n) is 10.6. The van der Waals surface area contributed by atoms with Crippen LogP contribution in [0.4, 0.5) is 0 Å². The van der Waals surface area contributed by atoms with Crippen molar-refractivity contribution in [1.82, 2.24) is 5.32 Å². The molecular weight excluding hydrogens is 224 g/mol. The molecule has 96 valence electrons. The lowest BCUT2D eigenvalue weighted by Crippen LogP contribution is -2.26. The minimum absolute atomic E-state index is 0.247. The van der Waals surface area contributed by atoms with Crippen LogP contribution in [0.25, 0.3) is 0 Å². The van der Waals surface area contributed by atoms with Crippen LogP contribution in [0.15, 0.2) is 24.3 Å². The third-order valence-electron chi connectivity index (χ3n) is 4.50. The minimum atomic E-state index is 0.247. The van der Waals surface area contributed by atoms with Crippen molar-refractivity contribution in [2.45, 2.75) is 32.4 Å². The van der Waals surface area contributed by atoms with Crippen LogP contribution < -0.4 is 11.1 Å². The number of nitrogens with two attached hydrogens (primary N) is 1. The van der Waals surface area contributed by atoms with E-state index in [9.17, 15) is 4.79 Å². The van der Waals surface area contributed by atoms with E-state index in [0.717, 1.165) is 11.1 Å². The summed E-state index contributed by atoms with van der Waals surface area (Å²) in [6, 6.07) is 8.04. The van der Waals surface area contributed by atoms with E-state index in [4.69, 9.17) is 5.73 Å². The number of nitrogens with one attached hydrogen (secondary N) is 1. The molecule has 2 atom stereocenters. The molecule has 2 aliphatic carbocycles. The first kappa shape index (κ1) is 11.7. The predicted molar refractivity (Wildman–Crippen MR) is 70.5 cm³/mol. The fraction of sp³-hybridized carbons (Fsp3) is 0.533. The molecule has 0 spiro atoms. The average Bonchev–Trinajstić information content (AvgIpc) is 2.89. The molecule has 1 amide bonds. The maximum absolute atomic E-state index is 12.0. The van der Waals surface area contributed by atoms with Gasteiger partial charge in [-0.2, -0.15) is 0 Å². The third kappa shape index (κ3) is 2.03. The number of benzene rings is 1. The number of amides is 1. The average molecular weight is 244 g/mol. The SMILES string of the molecule is NCc1ccccc1CNC(=O)C1C2CCCC21. The molecular formula is C15H20N2O.